The molecule has 1 amide bonds. The third-order valence-electron chi connectivity index (χ3n) is 6.15. The molecule has 5 rings (SSSR count). The van der Waals surface area contributed by atoms with Crippen LogP contribution in [0, 0.1) is 6.92 Å². The van der Waals surface area contributed by atoms with Crippen molar-refractivity contribution in [1.82, 2.24) is 14.3 Å². The summed E-state index contributed by atoms with van der Waals surface area (Å²) in [5.41, 5.74) is 2.98. The van der Waals surface area contributed by atoms with Crippen LogP contribution in [-0.2, 0) is 4.79 Å². The number of rotatable bonds is 4. The Balaban J connectivity index is 1.56. The number of fused-ring (bicyclic) bond motifs is 1. The van der Waals surface area contributed by atoms with E-state index in [0.29, 0.717) is 32.8 Å². The van der Waals surface area contributed by atoms with E-state index in [1.807, 2.05) is 44.2 Å². The number of hydrogen-bond acceptors (Lipinski definition) is 7. The maximum atomic E-state index is 13.6. The first-order valence-electron chi connectivity index (χ1n) is 11.3. The lowest BCUT2D eigenvalue weighted by Gasteiger charge is -2.37. The molecular formula is C25H25N5O2S2. The molecule has 1 aromatic carbocycles. The SMILES string of the molecule is CCN1C(=O)/C(=C/c2c(N3CCN(c4ccccc4)CC3)nc3ccc(C)cn3c2=O)SC1=S. The molecule has 0 unspecified atom stereocenters. The van der Waals surface area contributed by atoms with Gasteiger partial charge in [0.05, 0.1) is 10.5 Å². The summed E-state index contributed by atoms with van der Waals surface area (Å²) in [6.45, 7) is 7.41. The van der Waals surface area contributed by atoms with Crippen molar-refractivity contribution in [3.63, 3.8) is 0 Å². The van der Waals surface area contributed by atoms with Gasteiger partial charge in [-0.25, -0.2) is 4.98 Å². The van der Waals surface area contributed by atoms with Crippen LogP contribution >= 0.6 is 24.0 Å². The van der Waals surface area contributed by atoms with E-state index in [0.717, 1.165) is 31.7 Å². The number of nitrogens with zero attached hydrogens (tertiary/aromatic N) is 5. The highest BCUT2D eigenvalue weighted by Gasteiger charge is 2.32. The van der Waals surface area contributed by atoms with E-state index in [-0.39, 0.29) is 11.5 Å². The Morgan fingerprint density at radius 3 is 2.41 bits per heavy atom. The largest absolute Gasteiger partial charge is 0.368 e. The molecule has 7 nitrogen and oxygen atoms in total. The number of pyridine rings is 1. The Hall–Kier alpha value is -3.17. The van der Waals surface area contributed by atoms with Crippen LogP contribution in [0.25, 0.3) is 11.7 Å². The van der Waals surface area contributed by atoms with Crippen LogP contribution in [0.5, 0.6) is 0 Å². The molecule has 0 atom stereocenters. The van der Waals surface area contributed by atoms with Crippen molar-refractivity contribution < 1.29 is 4.79 Å². The van der Waals surface area contributed by atoms with Crippen molar-refractivity contribution in [2.45, 2.75) is 13.8 Å². The van der Waals surface area contributed by atoms with Crippen LogP contribution < -0.4 is 15.4 Å². The van der Waals surface area contributed by atoms with Gasteiger partial charge in [0.15, 0.2) is 0 Å². The number of likely N-dealkylation sites (N-methyl/N-ethyl adjacent to an activating group) is 1. The molecule has 4 heterocycles. The van der Waals surface area contributed by atoms with Gasteiger partial charge in [0.25, 0.3) is 11.5 Å². The number of thioether (sulfide) groups is 1. The first-order chi connectivity index (χ1) is 16.5. The zero-order valence-electron chi connectivity index (χ0n) is 19.1. The van der Waals surface area contributed by atoms with Crippen molar-refractivity contribution in [3.8, 4) is 0 Å². The number of carbonyl (C=O) groups is 1. The summed E-state index contributed by atoms with van der Waals surface area (Å²) in [7, 11) is 0. The number of aryl methyl sites for hydroxylation is 1. The second kappa shape index (κ2) is 9.23. The summed E-state index contributed by atoms with van der Waals surface area (Å²) < 4.78 is 2.08. The first-order valence-corrected chi connectivity index (χ1v) is 12.5. The van der Waals surface area contributed by atoms with Crippen LogP contribution in [-0.4, -0.2) is 57.2 Å². The van der Waals surface area contributed by atoms with Gasteiger partial charge in [0.2, 0.25) is 0 Å². The molecule has 2 fully saturated rings. The summed E-state index contributed by atoms with van der Waals surface area (Å²) in [6, 6.07) is 14.1. The maximum absolute atomic E-state index is 13.6. The van der Waals surface area contributed by atoms with Crippen molar-refractivity contribution in [3.05, 3.63) is 75.0 Å². The van der Waals surface area contributed by atoms with E-state index in [1.54, 1.807) is 21.6 Å². The number of carbonyl (C=O) groups excluding carboxylic acids is 1. The first kappa shape index (κ1) is 22.6. The van der Waals surface area contributed by atoms with Crippen LogP contribution in [0.3, 0.4) is 0 Å². The third-order valence-corrected chi connectivity index (χ3v) is 7.53. The smallest absolute Gasteiger partial charge is 0.267 e. The van der Waals surface area contributed by atoms with Gasteiger partial charge >= 0.3 is 0 Å². The average molecular weight is 492 g/mol. The predicted molar refractivity (Wildman–Crippen MR) is 143 cm³/mol. The quantitative estimate of drug-likeness (QED) is 0.409. The molecule has 0 saturated carbocycles. The third kappa shape index (κ3) is 4.10. The van der Waals surface area contributed by atoms with Crippen LogP contribution in [0.2, 0.25) is 0 Å². The number of amides is 1. The van der Waals surface area contributed by atoms with E-state index in [9.17, 15) is 9.59 Å². The molecule has 0 spiro atoms. The topological polar surface area (TPSA) is 61.2 Å². The minimum absolute atomic E-state index is 0.161. The molecule has 0 radical (unpaired) electrons. The Morgan fingerprint density at radius 1 is 1.03 bits per heavy atom. The van der Waals surface area contributed by atoms with E-state index < -0.39 is 0 Å². The van der Waals surface area contributed by atoms with Gasteiger partial charge in [-0.2, -0.15) is 0 Å². The van der Waals surface area contributed by atoms with Gasteiger partial charge < -0.3 is 9.80 Å². The Morgan fingerprint density at radius 2 is 1.74 bits per heavy atom. The summed E-state index contributed by atoms with van der Waals surface area (Å²) in [4.78, 5) is 37.9. The van der Waals surface area contributed by atoms with Crippen molar-refractivity contribution in [1.29, 1.82) is 0 Å². The zero-order chi connectivity index (χ0) is 23.8. The fourth-order valence-electron chi connectivity index (χ4n) is 4.33. The molecule has 0 bridgehead atoms. The molecule has 0 aliphatic carbocycles. The molecule has 9 heteroatoms. The molecule has 2 aliphatic heterocycles. The molecule has 2 aliphatic rings. The number of thiocarbonyl (C=S) groups is 1. The highest BCUT2D eigenvalue weighted by Crippen LogP contribution is 2.33. The highest BCUT2D eigenvalue weighted by molar-refractivity contribution is 8.26. The molecular weight excluding hydrogens is 466 g/mol. The minimum Gasteiger partial charge on any atom is -0.368 e. The van der Waals surface area contributed by atoms with E-state index in [2.05, 4.69) is 21.9 Å². The van der Waals surface area contributed by atoms with E-state index in [1.165, 1.54) is 17.4 Å². The van der Waals surface area contributed by atoms with Gasteiger partial charge in [-0.1, -0.05) is 48.2 Å². The molecule has 2 aromatic heterocycles. The Kier molecular flexibility index (Phi) is 6.14. The second-order valence-electron chi connectivity index (χ2n) is 8.32. The average Bonchev–Trinajstić information content (AvgIpc) is 3.13. The number of benzene rings is 1. The normalized spacial score (nSPS) is 17.9. The fourth-order valence-corrected chi connectivity index (χ4v) is 5.70. The zero-order valence-corrected chi connectivity index (χ0v) is 20.7. The predicted octanol–water partition coefficient (Wildman–Crippen LogP) is 3.55. The van der Waals surface area contributed by atoms with Crippen molar-refractivity contribution >= 4 is 57.4 Å². The molecule has 174 valence electrons. The summed E-state index contributed by atoms with van der Waals surface area (Å²) >= 11 is 6.60. The van der Waals surface area contributed by atoms with Gasteiger partial charge in [0, 0.05) is 44.6 Å². The van der Waals surface area contributed by atoms with E-state index >= 15 is 0 Å². The lowest BCUT2D eigenvalue weighted by atomic mass is 10.2. The van der Waals surface area contributed by atoms with Crippen molar-refractivity contribution in [2.24, 2.45) is 0 Å². The fraction of sp³-hybridized carbons (Fsp3) is 0.280. The number of para-hydroxylation sites is 1. The maximum Gasteiger partial charge on any atom is 0.267 e. The summed E-state index contributed by atoms with van der Waals surface area (Å²) in [5, 5.41) is 0. The van der Waals surface area contributed by atoms with Gasteiger partial charge in [-0.15, -0.1) is 0 Å². The molecule has 2 saturated heterocycles. The summed E-state index contributed by atoms with van der Waals surface area (Å²) in [6.07, 6.45) is 3.47. The summed E-state index contributed by atoms with van der Waals surface area (Å²) in [5.74, 6) is 0.453. The molecule has 3 aromatic rings. The Bertz CT molecular complexity index is 1360. The number of aromatic nitrogens is 2. The van der Waals surface area contributed by atoms with Gasteiger partial charge in [-0.05, 0) is 43.7 Å². The number of hydrogen-bond donors (Lipinski definition) is 0. The van der Waals surface area contributed by atoms with E-state index in [4.69, 9.17) is 17.2 Å². The highest BCUT2D eigenvalue weighted by atomic mass is 32.2. The second-order valence-corrected chi connectivity index (χ2v) is 10.0. The van der Waals surface area contributed by atoms with Crippen LogP contribution in [0.4, 0.5) is 11.5 Å². The lowest BCUT2D eigenvalue weighted by Crippen LogP contribution is -2.47. The van der Waals surface area contributed by atoms with Gasteiger partial charge in [-0.3, -0.25) is 18.9 Å². The molecule has 34 heavy (non-hydrogen) atoms. The van der Waals surface area contributed by atoms with Crippen LogP contribution in [0.15, 0.2) is 58.4 Å². The molecule has 0 N–H and O–H groups in total. The minimum atomic E-state index is -0.184. The van der Waals surface area contributed by atoms with Crippen LogP contribution in [0.1, 0.15) is 18.1 Å². The Labute approximate surface area is 207 Å². The van der Waals surface area contributed by atoms with Crippen molar-refractivity contribution in [2.75, 3.05) is 42.5 Å². The lowest BCUT2D eigenvalue weighted by molar-refractivity contribution is -0.121. The standard InChI is InChI=1S/C25H25N5O2S2/c1-3-29-24(32)20(34-25(29)33)15-19-22(26-21-10-9-17(2)16-30(21)23(19)31)28-13-11-27(12-14-28)18-7-5-4-6-8-18/h4-10,15-16H,3,11-14H2,1-2H3/b20-15-. The number of piperazine rings is 1. The van der Waals surface area contributed by atoms with Gasteiger partial charge in [0.1, 0.15) is 15.8 Å². The monoisotopic (exact) mass is 491 g/mol. The number of anilines is 2.